The highest BCUT2D eigenvalue weighted by atomic mass is 16.5. The molecule has 0 bridgehead atoms. The van der Waals surface area contributed by atoms with Crippen LogP contribution in [0.2, 0.25) is 0 Å². The van der Waals surface area contributed by atoms with E-state index in [1.54, 1.807) is 31.2 Å². The molecule has 118 valence electrons. The van der Waals surface area contributed by atoms with Crippen molar-refractivity contribution in [3.05, 3.63) is 29.8 Å². The Balaban J connectivity index is 2.21. The number of hydrogen-bond donors (Lipinski definition) is 1. The van der Waals surface area contributed by atoms with E-state index in [0.29, 0.717) is 5.69 Å². The molecule has 2 rings (SSSR count). The average Bonchev–Trinajstić information content (AvgIpc) is 3.28. The molecule has 0 unspecified atom stereocenters. The maximum atomic E-state index is 12.0. The second kappa shape index (κ2) is 7.06. The van der Waals surface area contributed by atoms with Crippen LogP contribution in [0.15, 0.2) is 24.3 Å². The van der Waals surface area contributed by atoms with Gasteiger partial charge in [0.2, 0.25) is 11.8 Å². The first-order valence-corrected chi connectivity index (χ1v) is 7.36. The third-order valence-corrected chi connectivity index (χ3v) is 3.31. The number of nitrogens with one attached hydrogen (secondary N) is 1. The smallest absolute Gasteiger partial charge is 0.340 e. The number of benzene rings is 1. The molecule has 2 amide bonds. The topological polar surface area (TPSA) is 75.7 Å². The fourth-order valence-corrected chi connectivity index (χ4v) is 2.10. The lowest BCUT2D eigenvalue weighted by Gasteiger charge is -2.22. The number of hydrogen-bond acceptors (Lipinski definition) is 4. The van der Waals surface area contributed by atoms with Crippen molar-refractivity contribution in [3.8, 4) is 0 Å². The minimum atomic E-state index is -0.507. The number of amides is 2. The molecule has 0 aliphatic heterocycles. The van der Waals surface area contributed by atoms with Crippen molar-refractivity contribution < 1.29 is 19.1 Å². The Morgan fingerprint density at radius 1 is 1.27 bits per heavy atom. The summed E-state index contributed by atoms with van der Waals surface area (Å²) in [6.07, 6.45) is 1.95. The summed E-state index contributed by atoms with van der Waals surface area (Å²) in [5.74, 6) is -1.04. The first kappa shape index (κ1) is 16.0. The van der Waals surface area contributed by atoms with Crippen molar-refractivity contribution >= 4 is 23.5 Å². The molecule has 1 aliphatic rings. The van der Waals surface area contributed by atoms with Crippen LogP contribution in [-0.4, -0.2) is 37.0 Å². The maximum Gasteiger partial charge on any atom is 0.340 e. The average molecular weight is 304 g/mol. The SMILES string of the molecule is CCOC(=O)c1ccccc1N(CC(=O)NC1CC1)C(C)=O. The number of nitrogens with zero attached hydrogens (tertiary/aromatic N) is 1. The molecule has 0 saturated heterocycles. The second-order valence-corrected chi connectivity index (χ2v) is 5.18. The number of ether oxygens (including phenoxy) is 1. The van der Waals surface area contributed by atoms with Crippen LogP contribution in [0.4, 0.5) is 5.69 Å². The van der Waals surface area contributed by atoms with Crippen LogP contribution in [0.1, 0.15) is 37.0 Å². The van der Waals surface area contributed by atoms with E-state index in [-0.39, 0.29) is 36.6 Å². The molecule has 0 heterocycles. The van der Waals surface area contributed by atoms with Crippen molar-refractivity contribution in [2.45, 2.75) is 32.7 Å². The highest BCUT2D eigenvalue weighted by Gasteiger charge is 2.26. The fourth-order valence-electron chi connectivity index (χ4n) is 2.10. The maximum absolute atomic E-state index is 12.0. The van der Waals surface area contributed by atoms with Gasteiger partial charge in [0.25, 0.3) is 0 Å². The van der Waals surface area contributed by atoms with Crippen molar-refractivity contribution in [2.75, 3.05) is 18.1 Å². The standard InChI is InChI=1S/C16H20N2O4/c1-3-22-16(21)13-6-4-5-7-14(13)18(11(2)19)10-15(20)17-12-8-9-12/h4-7,12H,3,8-10H2,1-2H3,(H,17,20). The predicted molar refractivity (Wildman–Crippen MR) is 81.6 cm³/mol. The lowest BCUT2D eigenvalue weighted by atomic mass is 10.1. The van der Waals surface area contributed by atoms with Crippen molar-refractivity contribution in [1.82, 2.24) is 5.32 Å². The first-order valence-electron chi connectivity index (χ1n) is 7.36. The molecule has 0 aromatic heterocycles. The Morgan fingerprint density at radius 2 is 1.95 bits per heavy atom. The Labute approximate surface area is 129 Å². The number of esters is 1. The first-order chi connectivity index (χ1) is 10.5. The number of carbonyl (C=O) groups is 3. The Bertz CT molecular complexity index is 581. The summed E-state index contributed by atoms with van der Waals surface area (Å²) in [4.78, 5) is 37.2. The van der Waals surface area contributed by atoms with Gasteiger partial charge in [-0.05, 0) is 31.9 Å². The summed E-state index contributed by atoms with van der Waals surface area (Å²) < 4.78 is 5.00. The zero-order valence-corrected chi connectivity index (χ0v) is 12.8. The zero-order chi connectivity index (χ0) is 16.1. The van der Waals surface area contributed by atoms with E-state index in [0.717, 1.165) is 12.8 Å². The quantitative estimate of drug-likeness (QED) is 0.808. The molecule has 1 aromatic rings. The Morgan fingerprint density at radius 3 is 2.55 bits per heavy atom. The van der Waals surface area contributed by atoms with Gasteiger partial charge in [-0.25, -0.2) is 4.79 Å². The molecule has 1 aromatic carbocycles. The van der Waals surface area contributed by atoms with Crippen molar-refractivity contribution in [2.24, 2.45) is 0 Å². The lowest BCUT2D eigenvalue weighted by molar-refractivity contribution is -0.123. The van der Waals surface area contributed by atoms with Crippen molar-refractivity contribution in [3.63, 3.8) is 0 Å². The van der Waals surface area contributed by atoms with E-state index in [1.165, 1.54) is 11.8 Å². The number of carbonyl (C=O) groups excluding carboxylic acids is 3. The normalized spacial score (nSPS) is 13.4. The second-order valence-electron chi connectivity index (χ2n) is 5.18. The van der Waals surface area contributed by atoms with Gasteiger partial charge in [-0.15, -0.1) is 0 Å². The molecule has 0 radical (unpaired) electrons. The minimum Gasteiger partial charge on any atom is -0.462 e. The van der Waals surface area contributed by atoms with E-state index in [4.69, 9.17) is 4.74 Å². The molecule has 0 atom stereocenters. The van der Waals surface area contributed by atoms with Crippen molar-refractivity contribution in [1.29, 1.82) is 0 Å². The van der Waals surface area contributed by atoms with Gasteiger partial charge in [-0.2, -0.15) is 0 Å². The summed E-state index contributed by atoms with van der Waals surface area (Å²) in [6.45, 7) is 3.22. The molecular formula is C16H20N2O4. The van der Waals surface area contributed by atoms with Gasteiger partial charge in [-0.3, -0.25) is 9.59 Å². The molecule has 1 N–H and O–H groups in total. The number of para-hydroxylation sites is 1. The van der Waals surface area contributed by atoms with Crippen LogP contribution in [-0.2, 0) is 14.3 Å². The van der Waals surface area contributed by atoms with Gasteiger partial charge in [0.05, 0.1) is 17.9 Å². The Hall–Kier alpha value is -2.37. The number of anilines is 1. The van der Waals surface area contributed by atoms with E-state index >= 15 is 0 Å². The van der Waals surface area contributed by atoms with Crippen LogP contribution in [0.5, 0.6) is 0 Å². The zero-order valence-electron chi connectivity index (χ0n) is 12.8. The molecule has 0 spiro atoms. The van der Waals surface area contributed by atoms with E-state index < -0.39 is 5.97 Å². The van der Waals surface area contributed by atoms with Crippen LogP contribution in [0, 0.1) is 0 Å². The van der Waals surface area contributed by atoms with E-state index in [2.05, 4.69) is 5.32 Å². The molecule has 6 heteroatoms. The van der Waals surface area contributed by atoms with E-state index in [1.807, 2.05) is 0 Å². The third kappa shape index (κ3) is 4.07. The molecular weight excluding hydrogens is 284 g/mol. The molecule has 22 heavy (non-hydrogen) atoms. The third-order valence-electron chi connectivity index (χ3n) is 3.31. The van der Waals surface area contributed by atoms with Crippen LogP contribution >= 0.6 is 0 Å². The summed E-state index contributed by atoms with van der Waals surface area (Å²) in [6, 6.07) is 6.85. The minimum absolute atomic E-state index is 0.109. The van der Waals surface area contributed by atoms with Gasteiger partial charge in [0, 0.05) is 13.0 Å². The highest BCUT2D eigenvalue weighted by Crippen LogP contribution is 2.22. The molecule has 1 aliphatic carbocycles. The largest absolute Gasteiger partial charge is 0.462 e. The lowest BCUT2D eigenvalue weighted by Crippen LogP contribution is -2.41. The summed E-state index contributed by atoms with van der Waals surface area (Å²) in [5.41, 5.74) is 0.665. The summed E-state index contributed by atoms with van der Waals surface area (Å²) in [5, 5.41) is 2.83. The van der Waals surface area contributed by atoms with Crippen LogP contribution in [0.25, 0.3) is 0 Å². The van der Waals surface area contributed by atoms with Gasteiger partial charge >= 0.3 is 5.97 Å². The van der Waals surface area contributed by atoms with Gasteiger partial charge in [-0.1, -0.05) is 12.1 Å². The molecule has 1 saturated carbocycles. The van der Waals surface area contributed by atoms with Gasteiger partial charge in [0.1, 0.15) is 6.54 Å². The van der Waals surface area contributed by atoms with Gasteiger partial charge in [0.15, 0.2) is 0 Å². The van der Waals surface area contributed by atoms with Crippen LogP contribution in [0.3, 0.4) is 0 Å². The predicted octanol–water partition coefficient (Wildman–Crippen LogP) is 1.49. The highest BCUT2D eigenvalue weighted by molar-refractivity contribution is 6.04. The fraction of sp³-hybridized carbons (Fsp3) is 0.438. The molecule has 1 fully saturated rings. The summed E-state index contributed by atoms with van der Waals surface area (Å²) in [7, 11) is 0. The van der Waals surface area contributed by atoms with E-state index in [9.17, 15) is 14.4 Å². The number of rotatable bonds is 6. The van der Waals surface area contributed by atoms with Crippen LogP contribution < -0.4 is 10.2 Å². The summed E-state index contributed by atoms with van der Waals surface area (Å²) >= 11 is 0. The molecule has 6 nitrogen and oxygen atoms in total. The van der Waals surface area contributed by atoms with Gasteiger partial charge < -0.3 is 15.0 Å². The Kier molecular flexibility index (Phi) is 5.14. The monoisotopic (exact) mass is 304 g/mol.